The number of aromatic nitrogens is 2. The summed E-state index contributed by atoms with van der Waals surface area (Å²) < 4.78 is 7.49. The van der Waals surface area contributed by atoms with Gasteiger partial charge in [-0.15, -0.1) is 0 Å². The van der Waals surface area contributed by atoms with Crippen LogP contribution in [0.1, 0.15) is 50.5 Å². The molecule has 0 bridgehead atoms. The molecule has 6 heteroatoms. The maximum Gasteiger partial charge on any atom is 0.347 e. The predicted octanol–water partition coefficient (Wildman–Crippen LogP) is 3.79. The van der Waals surface area contributed by atoms with Gasteiger partial charge in [-0.1, -0.05) is 19.8 Å². The Hall–Kier alpha value is -2.63. The van der Waals surface area contributed by atoms with Gasteiger partial charge in [0, 0.05) is 18.3 Å². The van der Waals surface area contributed by atoms with Crippen LogP contribution >= 0.6 is 0 Å². The molecule has 0 aliphatic rings. The summed E-state index contributed by atoms with van der Waals surface area (Å²) >= 11 is 0. The zero-order valence-corrected chi connectivity index (χ0v) is 14.9. The van der Waals surface area contributed by atoms with Crippen molar-refractivity contribution in [2.45, 2.75) is 52.2 Å². The third kappa shape index (κ3) is 4.68. The monoisotopic (exact) mass is 344 g/mol. The first kappa shape index (κ1) is 18.7. The third-order valence-electron chi connectivity index (χ3n) is 3.92. The highest BCUT2D eigenvalue weighted by Crippen LogP contribution is 2.25. The van der Waals surface area contributed by atoms with E-state index in [4.69, 9.17) is 9.84 Å². The van der Waals surface area contributed by atoms with E-state index >= 15 is 0 Å². The molecule has 2 rings (SSSR count). The van der Waals surface area contributed by atoms with E-state index in [0.29, 0.717) is 11.4 Å². The summed E-state index contributed by atoms with van der Waals surface area (Å²) in [5, 5.41) is 9.13. The highest BCUT2D eigenvalue weighted by atomic mass is 16.5. The van der Waals surface area contributed by atoms with Gasteiger partial charge in [0.25, 0.3) is 0 Å². The van der Waals surface area contributed by atoms with Gasteiger partial charge in [-0.05, 0) is 44.5 Å². The lowest BCUT2D eigenvalue weighted by Gasteiger charge is -2.21. The molecule has 0 atom stereocenters. The minimum atomic E-state index is -1.30. The summed E-state index contributed by atoms with van der Waals surface area (Å²) in [5.41, 5.74) is -0.0471. The van der Waals surface area contributed by atoms with Crippen LogP contribution in [0.25, 0.3) is 11.4 Å². The molecule has 0 fully saturated rings. The van der Waals surface area contributed by atoms with Crippen LogP contribution in [0.15, 0.2) is 30.5 Å². The van der Waals surface area contributed by atoms with Crippen LogP contribution in [0, 0.1) is 0 Å². The largest absolute Gasteiger partial charge is 0.478 e. The Morgan fingerprint density at radius 3 is 2.52 bits per heavy atom. The number of hydrogen-bond donors (Lipinski definition) is 1. The number of aryl methyl sites for hydroxylation is 1. The lowest BCUT2D eigenvalue weighted by Crippen LogP contribution is -2.37. The van der Waals surface area contributed by atoms with Crippen molar-refractivity contribution in [3.8, 4) is 17.1 Å². The average molecular weight is 344 g/mol. The summed E-state index contributed by atoms with van der Waals surface area (Å²) in [6.45, 7) is 5.94. The van der Waals surface area contributed by atoms with Crippen molar-refractivity contribution >= 4 is 12.3 Å². The summed E-state index contributed by atoms with van der Waals surface area (Å²) in [6.07, 6.45) is 5.76. The second kappa shape index (κ2) is 7.96. The molecule has 2 aromatic rings. The topological polar surface area (TPSA) is 81.4 Å². The molecule has 1 aromatic carbocycles. The minimum Gasteiger partial charge on any atom is -0.478 e. The lowest BCUT2D eigenvalue weighted by molar-refractivity contribution is -0.152. The van der Waals surface area contributed by atoms with Gasteiger partial charge in [-0.25, -0.2) is 9.78 Å². The number of unbranched alkanes of at least 4 members (excludes halogenated alkanes) is 2. The maximum absolute atomic E-state index is 11.1. The Morgan fingerprint density at radius 2 is 1.96 bits per heavy atom. The SMILES string of the molecule is CCCCCn1cc(C=O)nc1-c1ccc(OC(C)(C)C(=O)O)cc1. The number of carbonyl (C=O) groups excluding carboxylic acids is 1. The number of ether oxygens (including phenoxy) is 1. The number of carboxylic acids is 1. The summed E-state index contributed by atoms with van der Waals surface area (Å²) in [7, 11) is 0. The normalized spacial score (nSPS) is 11.3. The summed E-state index contributed by atoms with van der Waals surface area (Å²) in [6, 6.07) is 7.07. The first-order chi connectivity index (χ1) is 11.9. The van der Waals surface area contributed by atoms with Crippen LogP contribution in [0.4, 0.5) is 0 Å². The van der Waals surface area contributed by atoms with E-state index in [1.54, 1.807) is 18.3 Å². The molecular formula is C19H24N2O4. The summed E-state index contributed by atoms with van der Waals surface area (Å²) in [5.74, 6) is 0.164. The van der Waals surface area contributed by atoms with Gasteiger partial charge in [-0.2, -0.15) is 0 Å². The molecule has 0 saturated heterocycles. The van der Waals surface area contributed by atoms with Gasteiger partial charge in [0.15, 0.2) is 11.9 Å². The number of imidazole rings is 1. The number of hydrogen-bond acceptors (Lipinski definition) is 4. The van der Waals surface area contributed by atoms with Crippen LogP contribution < -0.4 is 4.74 Å². The number of benzene rings is 1. The standard InChI is InChI=1S/C19H24N2O4/c1-4-5-6-11-21-12-15(13-22)20-17(21)14-7-9-16(10-8-14)25-19(2,3)18(23)24/h7-10,12-13H,4-6,11H2,1-3H3,(H,23,24). The van der Waals surface area contributed by atoms with Gasteiger partial charge in [0.2, 0.25) is 0 Å². The molecule has 0 radical (unpaired) electrons. The van der Waals surface area contributed by atoms with Crippen LogP contribution in [0.3, 0.4) is 0 Å². The number of carboxylic acid groups (broad SMARTS) is 1. The molecule has 25 heavy (non-hydrogen) atoms. The fourth-order valence-electron chi connectivity index (χ4n) is 2.44. The number of nitrogens with zero attached hydrogens (tertiary/aromatic N) is 2. The van der Waals surface area contributed by atoms with E-state index in [0.717, 1.165) is 43.5 Å². The number of aliphatic carboxylic acids is 1. The number of aldehydes is 1. The molecule has 0 spiro atoms. The zero-order valence-electron chi connectivity index (χ0n) is 14.9. The van der Waals surface area contributed by atoms with Crippen molar-refractivity contribution in [3.05, 3.63) is 36.2 Å². The number of carbonyl (C=O) groups is 2. The molecule has 134 valence electrons. The second-order valence-electron chi connectivity index (χ2n) is 6.45. The average Bonchev–Trinajstić information content (AvgIpc) is 2.99. The summed E-state index contributed by atoms with van der Waals surface area (Å²) in [4.78, 5) is 26.6. The van der Waals surface area contributed by atoms with E-state index in [2.05, 4.69) is 11.9 Å². The van der Waals surface area contributed by atoms with Gasteiger partial charge >= 0.3 is 5.97 Å². The van der Waals surface area contributed by atoms with Gasteiger partial charge in [0.05, 0.1) is 0 Å². The molecule has 0 saturated carbocycles. The van der Waals surface area contributed by atoms with Crippen LogP contribution in [-0.2, 0) is 11.3 Å². The molecule has 1 N–H and O–H groups in total. The Bertz CT molecular complexity index is 732. The van der Waals surface area contributed by atoms with E-state index in [1.165, 1.54) is 13.8 Å². The Labute approximate surface area is 147 Å². The van der Waals surface area contributed by atoms with Gasteiger partial charge in [-0.3, -0.25) is 4.79 Å². The third-order valence-corrected chi connectivity index (χ3v) is 3.92. The highest BCUT2D eigenvalue weighted by Gasteiger charge is 2.29. The molecule has 0 aliphatic carbocycles. The molecule has 0 amide bonds. The van der Waals surface area contributed by atoms with Gasteiger partial charge in [0.1, 0.15) is 17.3 Å². The zero-order chi connectivity index (χ0) is 18.4. The number of rotatable bonds is 9. The minimum absolute atomic E-state index is 0.402. The smallest absolute Gasteiger partial charge is 0.347 e. The van der Waals surface area contributed by atoms with Crippen molar-refractivity contribution in [1.82, 2.24) is 9.55 Å². The molecular weight excluding hydrogens is 320 g/mol. The van der Waals surface area contributed by atoms with Gasteiger partial charge < -0.3 is 14.4 Å². The first-order valence-corrected chi connectivity index (χ1v) is 8.42. The molecule has 1 heterocycles. The fraction of sp³-hybridized carbons (Fsp3) is 0.421. The predicted molar refractivity (Wildman–Crippen MR) is 94.9 cm³/mol. The van der Waals surface area contributed by atoms with E-state index in [1.807, 2.05) is 16.7 Å². The van der Waals surface area contributed by atoms with Crippen molar-refractivity contribution in [2.24, 2.45) is 0 Å². The van der Waals surface area contributed by atoms with Crippen molar-refractivity contribution < 1.29 is 19.4 Å². The van der Waals surface area contributed by atoms with Crippen molar-refractivity contribution in [1.29, 1.82) is 0 Å². The van der Waals surface area contributed by atoms with E-state index in [-0.39, 0.29) is 0 Å². The van der Waals surface area contributed by atoms with Crippen molar-refractivity contribution in [2.75, 3.05) is 0 Å². The fourth-order valence-corrected chi connectivity index (χ4v) is 2.44. The Balaban J connectivity index is 2.22. The van der Waals surface area contributed by atoms with E-state index in [9.17, 15) is 9.59 Å². The quantitative estimate of drug-likeness (QED) is 0.553. The molecule has 0 unspecified atom stereocenters. The Morgan fingerprint density at radius 1 is 1.28 bits per heavy atom. The molecule has 6 nitrogen and oxygen atoms in total. The highest BCUT2D eigenvalue weighted by molar-refractivity contribution is 5.77. The second-order valence-corrected chi connectivity index (χ2v) is 6.45. The molecule has 1 aromatic heterocycles. The Kier molecular flexibility index (Phi) is 5.96. The lowest BCUT2D eigenvalue weighted by atomic mass is 10.1. The van der Waals surface area contributed by atoms with Crippen LogP contribution in [-0.4, -0.2) is 32.5 Å². The maximum atomic E-state index is 11.1. The van der Waals surface area contributed by atoms with Crippen molar-refractivity contribution in [3.63, 3.8) is 0 Å². The molecule has 0 aliphatic heterocycles. The first-order valence-electron chi connectivity index (χ1n) is 8.42. The van der Waals surface area contributed by atoms with Crippen LogP contribution in [0.2, 0.25) is 0 Å². The van der Waals surface area contributed by atoms with E-state index < -0.39 is 11.6 Å². The van der Waals surface area contributed by atoms with Crippen LogP contribution in [0.5, 0.6) is 5.75 Å².